The largest absolute Gasteiger partial charge is 0.451 e. The number of imide groups is 1. The average Bonchev–Trinajstić information content (AvgIpc) is 3.31. The number of furan rings is 1. The molecule has 1 aliphatic heterocycles. The van der Waals surface area contributed by atoms with Crippen LogP contribution in [0.2, 0.25) is 10.0 Å². The Morgan fingerprint density at radius 2 is 1.74 bits per heavy atom. The highest BCUT2D eigenvalue weighted by molar-refractivity contribution is 7.80. The zero-order chi connectivity index (χ0) is 22.3. The fourth-order valence-electron chi connectivity index (χ4n) is 3.06. The van der Waals surface area contributed by atoms with Crippen molar-refractivity contribution in [2.45, 2.75) is 0 Å². The number of carbonyl (C=O) groups excluding carboxylic acids is 3. The van der Waals surface area contributed by atoms with Gasteiger partial charge in [0.2, 0.25) is 0 Å². The Labute approximate surface area is 191 Å². The summed E-state index contributed by atoms with van der Waals surface area (Å²) in [6, 6.07) is 12.8. The quantitative estimate of drug-likeness (QED) is 0.426. The second-order valence-corrected chi connectivity index (χ2v) is 7.80. The smallest absolute Gasteiger partial charge is 0.293 e. The fourth-order valence-corrected chi connectivity index (χ4v) is 3.67. The number of carbonyl (C=O) groups is 3. The number of nitrogens with zero attached hydrogens (tertiary/aromatic N) is 1. The molecule has 3 amide bonds. The topological polar surface area (TPSA) is 91.7 Å². The summed E-state index contributed by atoms with van der Waals surface area (Å²) < 4.78 is 5.59. The van der Waals surface area contributed by atoms with E-state index in [4.69, 9.17) is 39.8 Å². The predicted molar refractivity (Wildman–Crippen MR) is 121 cm³/mol. The summed E-state index contributed by atoms with van der Waals surface area (Å²) in [5, 5.41) is 5.99. The number of nitrogens with one attached hydrogen (secondary N) is 2. The molecule has 0 unspecified atom stereocenters. The molecule has 0 saturated heterocycles. The maximum atomic E-state index is 12.5. The lowest BCUT2D eigenvalue weighted by molar-refractivity contribution is 0.0692. The van der Waals surface area contributed by atoms with Gasteiger partial charge in [-0.25, -0.2) is 0 Å². The highest BCUT2D eigenvalue weighted by Crippen LogP contribution is 2.34. The molecule has 2 aromatic carbocycles. The number of halogens is 2. The van der Waals surface area contributed by atoms with Crippen LogP contribution in [0.1, 0.15) is 31.3 Å². The van der Waals surface area contributed by atoms with Crippen LogP contribution in [-0.4, -0.2) is 34.8 Å². The summed E-state index contributed by atoms with van der Waals surface area (Å²) in [5.41, 5.74) is 1.58. The summed E-state index contributed by atoms with van der Waals surface area (Å²) >= 11 is 17.4. The summed E-state index contributed by atoms with van der Waals surface area (Å²) in [4.78, 5) is 37.6. The van der Waals surface area contributed by atoms with Crippen LogP contribution in [0.4, 0.5) is 5.69 Å². The van der Waals surface area contributed by atoms with Crippen molar-refractivity contribution in [1.29, 1.82) is 0 Å². The molecule has 4 rings (SSSR count). The molecular formula is C21H13Cl2N3O4S. The van der Waals surface area contributed by atoms with Crippen molar-refractivity contribution in [3.63, 3.8) is 0 Å². The number of amides is 3. The molecule has 10 heteroatoms. The summed E-state index contributed by atoms with van der Waals surface area (Å²) in [5.74, 6) is -0.944. The van der Waals surface area contributed by atoms with Gasteiger partial charge in [0.1, 0.15) is 5.76 Å². The Morgan fingerprint density at radius 1 is 1.00 bits per heavy atom. The van der Waals surface area contributed by atoms with Crippen LogP contribution in [0.3, 0.4) is 0 Å². The van der Waals surface area contributed by atoms with E-state index >= 15 is 0 Å². The molecule has 1 aromatic heterocycles. The van der Waals surface area contributed by atoms with Crippen molar-refractivity contribution in [1.82, 2.24) is 10.2 Å². The Hall–Kier alpha value is -3.20. The van der Waals surface area contributed by atoms with E-state index in [-0.39, 0.29) is 22.3 Å². The third-order valence-electron chi connectivity index (χ3n) is 4.62. The van der Waals surface area contributed by atoms with Gasteiger partial charge < -0.3 is 9.73 Å². The van der Waals surface area contributed by atoms with Gasteiger partial charge >= 0.3 is 0 Å². The van der Waals surface area contributed by atoms with Gasteiger partial charge in [-0.1, -0.05) is 29.3 Å². The van der Waals surface area contributed by atoms with Gasteiger partial charge in [0.25, 0.3) is 17.7 Å². The van der Waals surface area contributed by atoms with Gasteiger partial charge in [0.15, 0.2) is 10.9 Å². The van der Waals surface area contributed by atoms with Crippen LogP contribution >= 0.6 is 35.4 Å². The second kappa shape index (κ2) is 8.14. The van der Waals surface area contributed by atoms with Crippen LogP contribution in [0.25, 0.3) is 11.3 Å². The molecule has 0 bridgehead atoms. The van der Waals surface area contributed by atoms with E-state index in [2.05, 4.69) is 10.6 Å². The molecule has 0 atom stereocenters. The Bertz CT molecular complexity index is 1270. The Morgan fingerprint density at radius 3 is 2.52 bits per heavy atom. The summed E-state index contributed by atoms with van der Waals surface area (Å²) in [6.45, 7) is 0. The van der Waals surface area contributed by atoms with Crippen molar-refractivity contribution in [2.24, 2.45) is 0 Å². The van der Waals surface area contributed by atoms with Gasteiger partial charge in [0, 0.05) is 18.3 Å². The van der Waals surface area contributed by atoms with Crippen molar-refractivity contribution in [3.05, 3.63) is 75.5 Å². The van der Waals surface area contributed by atoms with E-state index in [1.54, 1.807) is 30.3 Å². The lowest BCUT2D eigenvalue weighted by Gasteiger charge is -2.09. The Balaban J connectivity index is 1.45. The first-order chi connectivity index (χ1) is 14.8. The van der Waals surface area contributed by atoms with Crippen LogP contribution < -0.4 is 10.6 Å². The first-order valence-corrected chi connectivity index (χ1v) is 10.1. The van der Waals surface area contributed by atoms with E-state index in [9.17, 15) is 14.4 Å². The number of benzene rings is 2. The van der Waals surface area contributed by atoms with Gasteiger partial charge in [-0.3, -0.25) is 24.6 Å². The molecule has 0 spiro atoms. The molecule has 0 fully saturated rings. The van der Waals surface area contributed by atoms with E-state index in [1.807, 2.05) is 0 Å². The maximum Gasteiger partial charge on any atom is 0.293 e. The molecule has 0 radical (unpaired) electrons. The predicted octanol–water partition coefficient (Wildman–Crippen LogP) is 4.61. The van der Waals surface area contributed by atoms with Crippen LogP contribution in [0, 0.1) is 0 Å². The molecule has 3 aromatic rings. The SMILES string of the molecule is CN1C(=O)c2ccc(NC(=S)NC(=O)c3ccc(-c4cccc(Cl)c4Cl)o3)cc2C1=O. The minimum atomic E-state index is -0.575. The molecule has 1 aliphatic rings. The number of hydrogen-bond acceptors (Lipinski definition) is 5. The van der Waals surface area contributed by atoms with Crippen molar-refractivity contribution < 1.29 is 18.8 Å². The Kier molecular flexibility index (Phi) is 5.53. The number of thiocarbonyl (C=S) groups is 1. The number of hydrogen-bond donors (Lipinski definition) is 2. The highest BCUT2D eigenvalue weighted by Gasteiger charge is 2.32. The average molecular weight is 474 g/mol. The maximum absolute atomic E-state index is 12.5. The normalized spacial score (nSPS) is 12.7. The minimum Gasteiger partial charge on any atom is -0.451 e. The summed E-state index contributed by atoms with van der Waals surface area (Å²) in [7, 11) is 1.41. The van der Waals surface area contributed by atoms with Crippen molar-refractivity contribution in [3.8, 4) is 11.3 Å². The first-order valence-electron chi connectivity index (χ1n) is 8.89. The van der Waals surface area contributed by atoms with Gasteiger partial charge in [-0.2, -0.15) is 0 Å². The molecule has 7 nitrogen and oxygen atoms in total. The molecule has 2 heterocycles. The molecule has 2 N–H and O–H groups in total. The fraction of sp³-hybridized carbons (Fsp3) is 0.0476. The monoisotopic (exact) mass is 473 g/mol. The van der Waals surface area contributed by atoms with Crippen LogP contribution in [0.15, 0.2) is 52.9 Å². The standard InChI is InChI=1S/C21H13Cl2N3O4S/c1-26-19(28)11-6-5-10(9-13(11)20(26)29)24-21(31)25-18(27)16-8-7-15(30-16)12-3-2-4-14(22)17(12)23/h2-9H,1H3,(H2,24,25,27,31). The van der Waals surface area contributed by atoms with Crippen LogP contribution in [0.5, 0.6) is 0 Å². The second-order valence-electron chi connectivity index (χ2n) is 6.60. The molecule has 31 heavy (non-hydrogen) atoms. The van der Waals surface area contributed by atoms with E-state index in [0.29, 0.717) is 32.6 Å². The van der Waals surface area contributed by atoms with Crippen molar-refractivity contribution in [2.75, 3.05) is 12.4 Å². The minimum absolute atomic E-state index is 0.00573. The third kappa shape index (κ3) is 3.93. The van der Waals surface area contributed by atoms with Gasteiger partial charge in [-0.05, 0) is 54.7 Å². The van der Waals surface area contributed by atoms with Gasteiger partial charge in [0.05, 0.1) is 21.2 Å². The van der Waals surface area contributed by atoms with Gasteiger partial charge in [-0.15, -0.1) is 0 Å². The van der Waals surface area contributed by atoms with E-state index in [0.717, 1.165) is 4.90 Å². The highest BCUT2D eigenvalue weighted by atomic mass is 35.5. The number of rotatable bonds is 3. The van der Waals surface area contributed by atoms with Crippen LogP contribution in [-0.2, 0) is 0 Å². The van der Waals surface area contributed by atoms with E-state index in [1.165, 1.54) is 25.2 Å². The molecule has 0 aliphatic carbocycles. The number of anilines is 1. The molecule has 156 valence electrons. The zero-order valence-electron chi connectivity index (χ0n) is 15.9. The molecule has 0 saturated carbocycles. The van der Waals surface area contributed by atoms with Crippen molar-refractivity contribution >= 4 is 63.9 Å². The lowest BCUT2D eigenvalue weighted by Crippen LogP contribution is -2.33. The number of fused-ring (bicyclic) bond motifs is 1. The lowest BCUT2D eigenvalue weighted by atomic mass is 10.1. The summed E-state index contributed by atoms with van der Waals surface area (Å²) in [6.07, 6.45) is 0. The van der Waals surface area contributed by atoms with E-state index < -0.39 is 11.8 Å². The zero-order valence-corrected chi connectivity index (χ0v) is 18.2. The third-order valence-corrected chi connectivity index (χ3v) is 5.64. The first kappa shape index (κ1) is 21.0. The molecular weight excluding hydrogens is 461 g/mol.